The predicted octanol–water partition coefficient (Wildman–Crippen LogP) is 0.366. The van der Waals surface area contributed by atoms with Crippen LogP contribution < -0.4 is 5.32 Å². The first-order valence-corrected chi connectivity index (χ1v) is 7.17. The van der Waals surface area contributed by atoms with Crippen molar-refractivity contribution in [3.05, 3.63) is 35.9 Å². The van der Waals surface area contributed by atoms with Gasteiger partial charge in [-0.25, -0.2) is 4.79 Å². The maximum absolute atomic E-state index is 12.5. The van der Waals surface area contributed by atoms with Gasteiger partial charge in [0.25, 0.3) is 5.91 Å². The number of esters is 1. The van der Waals surface area contributed by atoms with Crippen molar-refractivity contribution in [2.24, 2.45) is 5.92 Å². The predicted molar refractivity (Wildman–Crippen MR) is 78.6 cm³/mol. The van der Waals surface area contributed by atoms with Gasteiger partial charge in [-0.15, -0.1) is 0 Å². The van der Waals surface area contributed by atoms with Crippen LogP contribution in [0.1, 0.15) is 26.3 Å². The van der Waals surface area contributed by atoms with Crippen LogP contribution in [-0.2, 0) is 20.9 Å². The van der Waals surface area contributed by atoms with Crippen LogP contribution in [0.25, 0.3) is 0 Å². The average Bonchev–Trinajstić information content (AvgIpc) is 2.67. The van der Waals surface area contributed by atoms with Crippen molar-refractivity contribution in [3.63, 3.8) is 0 Å². The zero-order chi connectivity index (χ0) is 16.5. The van der Waals surface area contributed by atoms with Crippen molar-refractivity contribution in [1.82, 2.24) is 5.32 Å². The molecule has 1 aromatic rings. The summed E-state index contributed by atoms with van der Waals surface area (Å²) >= 11 is 0. The Morgan fingerprint density at radius 1 is 1.36 bits per heavy atom. The van der Waals surface area contributed by atoms with E-state index in [9.17, 15) is 19.8 Å². The van der Waals surface area contributed by atoms with Gasteiger partial charge in [0.05, 0.1) is 0 Å². The fraction of sp³-hybridized carbons (Fsp3) is 0.500. The summed E-state index contributed by atoms with van der Waals surface area (Å²) in [4.78, 5) is 24.4. The number of hydrogen-bond acceptors (Lipinski definition) is 5. The minimum absolute atomic E-state index is 0.0267. The molecule has 0 bridgehead atoms. The molecule has 1 aliphatic heterocycles. The lowest BCUT2D eigenvalue weighted by molar-refractivity contribution is -0.164. The van der Waals surface area contributed by atoms with E-state index in [0.717, 1.165) is 5.56 Å². The first kappa shape index (κ1) is 16.5. The molecule has 2 rings (SSSR count). The first-order chi connectivity index (χ1) is 10.2. The summed E-state index contributed by atoms with van der Waals surface area (Å²) in [5, 5.41) is 22.9. The van der Waals surface area contributed by atoms with E-state index in [1.54, 1.807) is 26.0 Å². The number of ether oxygens (including phenoxy) is 1. The molecule has 6 nitrogen and oxygen atoms in total. The second-order valence-corrected chi connectivity index (χ2v) is 6.09. The number of benzene rings is 1. The number of hydrogen-bond donors (Lipinski definition) is 3. The van der Waals surface area contributed by atoms with Crippen LogP contribution >= 0.6 is 0 Å². The summed E-state index contributed by atoms with van der Waals surface area (Å²) in [5.74, 6) is -2.00. The van der Waals surface area contributed by atoms with Gasteiger partial charge < -0.3 is 20.3 Å². The third kappa shape index (κ3) is 2.48. The molecule has 3 N–H and O–H groups in total. The zero-order valence-electron chi connectivity index (χ0n) is 12.9. The second kappa shape index (κ2) is 5.70. The molecule has 22 heavy (non-hydrogen) atoms. The summed E-state index contributed by atoms with van der Waals surface area (Å²) < 4.78 is 5.26. The minimum Gasteiger partial charge on any atom is -0.459 e. The number of carbonyl (C=O) groups is 2. The molecule has 0 spiro atoms. The Hall–Kier alpha value is -1.92. The Kier molecular flexibility index (Phi) is 4.26. The molecule has 0 aromatic heterocycles. The van der Waals surface area contributed by atoms with Crippen molar-refractivity contribution in [2.45, 2.75) is 44.6 Å². The van der Waals surface area contributed by atoms with Gasteiger partial charge >= 0.3 is 5.97 Å². The molecule has 1 heterocycles. The highest BCUT2D eigenvalue weighted by Gasteiger charge is 2.65. The van der Waals surface area contributed by atoms with Crippen LogP contribution in [-0.4, -0.2) is 39.3 Å². The van der Waals surface area contributed by atoms with E-state index < -0.39 is 35.0 Å². The normalized spacial score (nSPS) is 31.2. The number of amides is 1. The molecule has 1 saturated heterocycles. The molecule has 3 atom stereocenters. The van der Waals surface area contributed by atoms with Crippen LogP contribution in [0.15, 0.2) is 30.3 Å². The second-order valence-electron chi connectivity index (χ2n) is 6.09. The van der Waals surface area contributed by atoms with Crippen LogP contribution in [0, 0.1) is 5.92 Å². The van der Waals surface area contributed by atoms with Gasteiger partial charge in [-0.3, -0.25) is 4.79 Å². The number of rotatable bonds is 4. The number of aliphatic hydroxyl groups excluding tert-OH is 1. The smallest absolute Gasteiger partial charge is 0.335 e. The third-order valence-electron chi connectivity index (χ3n) is 4.21. The molecule has 3 unspecified atom stereocenters. The lowest BCUT2D eigenvalue weighted by atomic mass is 9.79. The van der Waals surface area contributed by atoms with Gasteiger partial charge in [0.2, 0.25) is 0 Å². The van der Waals surface area contributed by atoms with Gasteiger partial charge in [-0.2, -0.15) is 0 Å². The van der Waals surface area contributed by atoms with Gasteiger partial charge in [0, 0.05) is 0 Å². The van der Waals surface area contributed by atoms with E-state index in [-0.39, 0.29) is 6.61 Å². The Morgan fingerprint density at radius 3 is 2.41 bits per heavy atom. The summed E-state index contributed by atoms with van der Waals surface area (Å²) in [6.07, 6.45) is -1.59. The van der Waals surface area contributed by atoms with E-state index >= 15 is 0 Å². The largest absolute Gasteiger partial charge is 0.459 e. The van der Waals surface area contributed by atoms with Crippen LogP contribution in [0.4, 0.5) is 0 Å². The molecule has 1 amide bonds. The highest BCUT2D eigenvalue weighted by atomic mass is 16.5. The zero-order valence-corrected chi connectivity index (χ0v) is 12.9. The molecule has 120 valence electrons. The van der Waals surface area contributed by atoms with Gasteiger partial charge in [0.15, 0.2) is 11.1 Å². The van der Waals surface area contributed by atoms with E-state index in [2.05, 4.69) is 5.32 Å². The average molecular weight is 307 g/mol. The van der Waals surface area contributed by atoms with Crippen molar-refractivity contribution in [3.8, 4) is 0 Å². The topological polar surface area (TPSA) is 95.9 Å². The van der Waals surface area contributed by atoms with Crippen LogP contribution in [0.3, 0.4) is 0 Å². The molecule has 1 aromatic carbocycles. The van der Waals surface area contributed by atoms with E-state index in [0.29, 0.717) is 0 Å². The molecule has 0 saturated carbocycles. The molecular weight excluding hydrogens is 286 g/mol. The summed E-state index contributed by atoms with van der Waals surface area (Å²) in [5.41, 5.74) is -2.90. The fourth-order valence-electron chi connectivity index (χ4n) is 2.65. The molecular formula is C16H21NO5. The Morgan fingerprint density at radius 2 is 1.95 bits per heavy atom. The number of nitrogens with one attached hydrogen (secondary N) is 1. The van der Waals surface area contributed by atoms with E-state index in [1.165, 1.54) is 6.92 Å². The van der Waals surface area contributed by atoms with Crippen molar-refractivity contribution in [1.29, 1.82) is 0 Å². The minimum atomic E-state index is -2.03. The summed E-state index contributed by atoms with van der Waals surface area (Å²) in [6.45, 7) is 4.56. The summed E-state index contributed by atoms with van der Waals surface area (Å²) in [6, 6.07) is 9.08. The highest BCUT2D eigenvalue weighted by molar-refractivity contribution is 5.98. The Bertz CT molecular complexity index is 569. The van der Waals surface area contributed by atoms with Gasteiger partial charge in [-0.1, -0.05) is 44.2 Å². The fourth-order valence-corrected chi connectivity index (χ4v) is 2.65. The van der Waals surface area contributed by atoms with Crippen molar-refractivity contribution in [2.75, 3.05) is 0 Å². The lowest BCUT2D eigenvalue weighted by Gasteiger charge is -2.35. The van der Waals surface area contributed by atoms with Gasteiger partial charge in [-0.05, 0) is 18.4 Å². The highest BCUT2D eigenvalue weighted by Crippen LogP contribution is 2.36. The standard InChI is InChI=1S/C16H21NO5/c1-10(2)16(12(18)15(3,21)13(19)17-16)14(20)22-9-11-7-5-4-6-8-11/h4-8,10,12,18,21H,9H2,1-3H3,(H,17,19). The number of aliphatic hydroxyl groups is 2. The van der Waals surface area contributed by atoms with Gasteiger partial charge in [0.1, 0.15) is 12.7 Å². The molecule has 6 heteroatoms. The third-order valence-corrected chi connectivity index (χ3v) is 4.21. The van der Waals surface area contributed by atoms with Crippen LogP contribution in [0.2, 0.25) is 0 Å². The van der Waals surface area contributed by atoms with E-state index in [1.807, 2.05) is 18.2 Å². The van der Waals surface area contributed by atoms with Crippen LogP contribution in [0.5, 0.6) is 0 Å². The maximum atomic E-state index is 12.5. The summed E-state index contributed by atoms with van der Waals surface area (Å²) in [7, 11) is 0. The van der Waals surface area contributed by atoms with Crippen molar-refractivity contribution < 1.29 is 24.5 Å². The molecule has 1 fully saturated rings. The maximum Gasteiger partial charge on any atom is 0.335 e. The molecule has 0 aliphatic carbocycles. The Labute approximate surface area is 129 Å². The molecule has 0 radical (unpaired) electrons. The monoisotopic (exact) mass is 307 g/mol. The lowest BCUT2D eigenvalue weighted by Crippen LogP contribution is -2.61. The van der Waals surface area contributed by atoms with E-state index in [4.69, 9.17) is 4.74 Å². The quantitative estimate of drug-likeness (QED) is 0.698. The number of carbonyl (C=O) groups excluding carboxylic acids is 2. The SMILES string of the molecule is CC(C)C1(C(=O)OCc2ccccc2)NC(=O)C(C)(O)C1O. The first-order valence-electron chi connectivity index (χ1n) is 7.17. The Balaban J connectivity index is 2.22. The van der Waals surface area contributed by atoms with Crippen molar-refractivity contribution >= 4 is 11.9 Å². The molecule has 1 aliphatic rings.